The molecule has 0 unspecified atom stereocenters. The highest BCUT2D eigenvalue weighted by molar-refractivity contribution is 6.06. The Balaban J connectivity index is 1.59. The molecule has 0 aromatic heterocycles. The van der Waals surface area contributed by atoms with Crippen molar-refractivity contribution in [2.45, 2.75) is 26.7 Å². The number of aliphatic hydroxyl groups is 2. The summed E-state index contributed by atoms with van der Waals surface area (Å²) in [6.45, 7) is 3.72. The molecule has 4 rings (SSSR count). The third-order valence-electron chi connectivity index (χ3n) is 6.42. The smallest absolute Gasteiger partial charge is 0.164 e. The van der Waals surface area contributed by atoms with Crippen molar-refractivity contribution in [3.8, 4) is 0 Å². The summed E-state index contributed by atoms with van der Waals surface area (Å²) in [6.07, 6.45) is 10.3. The molecule has 0 aliphatic heterocycles. The summed E-state index contributed by atoms with van der Waals surface area (Å²) in [5.41, 5.74) is 3.01. The zero-order valence-corrected chi connectivity index (χ0v) is 19.9. The molecule has 0 amide bonds. The van der Waals surface area contributed by atoms with E-state index in [1.165, 1.54) is 0 Å². The van der Waals surface area contributed by atoms with Crippen LogP contribution in [0.3, 0.4) is 0 Å². The van der Waals surface area contributed by atoms with Crippen LogP contribution >= 0.6 is 0 Å². The topological polar surface area (TPSA) is 74.6 Å². The van der Waals surface area contributed by atoms with Crippen molar-refractivity contribution < 1.29 is 19.8 Å². The normalized spacial score (nSPS) is 17.4. The fourth-order valence-corrected chi connectivity index (χ4v) is 4.42. The average molecular weight is 465 g/mol. The van der Waals surface area contributed by atoms with E-state index in [2.05, 4.69) is 0 Å². The van der Waals surface area contributed by atoms with Crippen LogP contribution in [0, 0.1) is 5.41 Å². The van der Waals surface area contributed by atoms with Crippen molar-refractivity contribution in [3.05, 3.63) is 130 Å². The van der Waals surface area contributed by atoms with Gasteiger partial charge in [-0.05, 0) is 23.3 Å². The molecule has 2 aromatic carbocycles. The lowest BCUT2D eigenvalue weighted by molar-refractivity contribution is -0.116. The summed E-state index contributed by atoms with van der Waals surface area (Å²) in [4.78, 5) is 26.2. The Kier molecular flexibility index (Phi) is 6.83. The van der Waals surface area contributed by atoms with Crippen molar-refractivity contribution in [3.63, 3.8) is 0 Å². The zero-order valence-electron chi connectivity index (χ0n) is 19.9. The number of ketones is 2. The summed E-state index contributed by atoms with van der Waals surface area (Å²) >= 11 is 0. The third-order valence-corrected chi connectivity index (χ3v) is 6.42. The van der Waals surface area contributed by atoms with Gasteiger partial charge in [-0.25, -0.2) is 0 Å². The molecule has 35 heavy (non-hydrogen) atoms. The van der Waals surface area contributed by atoms with Crippen LogP contribution in [-0.4, -0.2) is 21.8 Å². The summed E-state index contributed by atoms with van der Waals surface area (Å²) in [5.74, 6) is -0.149. The lowest BCUT2D eigenvalue weighted by Gasteiger charge is -2.32. The van der Waals surface area contributed by atoms with E-state index >= 15 is 0 Å². The first-order valence-corrected chi connectivity index (χ1v) is 11.6. The maximum Gasteiger partial charge on any atom is 0.164 e. The van der Waals surface area contributed by atoms with E-state index in [1.807, 2.05) is 74.5 Å². The molecule has 4 nitrogen and oxygen atoms in total. The first kappa shape index (κ1) is 24.0. The second-order valence-corrected chi connectivity index (χ2v) is 9.25. The van der Waals surface area contributed by atoms with Crippen LogP contribution in [0.15, 0.2) is 119 Å². The number of allylic oxidation sites excluding steroid dienone is 8. The van der Waals surface area contributed by atoms with Gasteiger partial charge in [-0.15, -0.1) is 0 Å². The largest absolute Gasteiger partial charge is 0.508 e. The van der Waals surface area contributed by atoms with Crippen molar-refractivity contribution in [2.24, 2.45) is 5.41 Å². The van der Waals surface area contributed by atoms with Gasteiger partial charge in [0.2, 0.25) is 0 Å². The van der Waals surface area contributed by atoms with Gasteiger partial charge >= 0.3 is 0 Å². The maximum atomic E-state index is 13.1. The Labute approximate surface area is 205 Å². The van der Waals surface area contributed by atoms with Crippen LogP contribution in [0.4, 0.5) is 0 Å². The molecule has 176 valence electrons. The molecule has 0 atom stereocenters. The highest BCUT2D eigenvalue weighted by Crippen LogP contribution is 2.41. The van der Waals surface area contributed by atoms with Gasteiger partial charge in [0.1, 0.15) is 11.5 Å². The summed E-state index contributed by atoms with van der Waals surface area (Å²) in [5, 5.41) is 21.0. The van der Waals surface area contributed by atoms with E-state index in [4.69, 9.17) is 0 Å². The molecule has 0 saturated carbocycles. The highest BCUT2D eigenvalue weighted by atomic mass is 16.3. The number of aliphatic hydroxyl groups excluding tert-OH is 2. The SMILES string of the molecule is CC(C)(C1=CC=C(C(O)=Cc2ccccc2)CC1=O)C1=CC=C(C(O)=Cc2ccccc2)CC1=O. The van der Waals surface area contributed by atoms with Crippen LogP contribution in [-0.2, 0) is 9.59 Å². The minimum atomic E-state index is -0.810. The quantitative estimate of drug-likeness (QED) is 0.458. The highest BCUT2D eigenvalue weighted by Gasteiger charge is 2.37. The van der Waals surface area contributed by atoms with E-state index in [-0.39, 0.29) is 35.9 Å². The van der Waals surface area contributed by atoms with Gasteiger partial charge in [-0.2, -0.15) is 0 Å². The summed E-state index contributed by atoms with van der Waals surface area (Å²) < 4.78 is 0. The van der Waals surface area contributed by atoms with Crippen molar-refractivity contribution in [2.75, 3.05) is 0 Å². The predicted molar refractivity (Wildman–Crippen MR) is 139 cm³/mol. The van der Waals surface area contributed by atoms with Gasteiger partial charge in [-0.1, -0.05) is 98.8 Å². The van der Waals surface area contributed by atoms with Crippen molar-refractivity contribution >= 4 is 23.7 Å². The monoisotopic (exact) mass is 464 g/mol. The predicted octanol–water partition coefficient (Wildman–Crippen LogP) is 6.86. The molecule has 0 saturated heterocycles. The van der Waals surface area contributed by atoms with E-state index in [9.17, 15) is 19.8 Å². The Morgan fingerprint density at radius 1 is 0.657 bits per heavy atom. The zero-order chi connectivity index (χ0) is 25.0. The molecule has 2 aliphatic carbocycles. The number of carbonyl (C=O) groups is 2. The van der Waals surface area contributed by atoms with Crippen molar-refractivity contribution in [1.29, 1.82) is 0 Å². The number of hydrogen-bond acceptors (Lipinski definition) is 4. The fourth-order valence-electron chi connectivity index (χ4n) is 4.42. The van der Waals surface area contributed by atoms with Crippen LogP contribution < -0.4 is 0 Å². The number of carbonyl (C=O) groups excluding carboxylic acids is 2. The standard InChI is InChI=1S/C31H28O4/c1-31(2,25-15-13-23(19-29(25)34)27(32)17-21-9-5-3-6-10-21)26-16-14-24(20-30(26)35)28(33)18-22-11-7-4-8-12-22/h3-18,32-33H,19-20H2,1-2H3. The van der Waals surface area contributed by atoms with Gasteiger partial charge in [0.25, 0.3) is 0 Å². The summed E-state index contributed by atoms with van der Waals surface area (Å²) in [6, 6.07) is 18.8. The molecular formula is C31H28O4. The Hall–Kier alpha value is -4.18. The van der Waals surface area contributed by atoms with E-state index in [0.29, 0.717) is 22.3 Å². The van der Waals surface area contributed by atoms with E-state index < -0.39 is 5.41 Å². The van der Waals surface area contributed by atoms with E-state index in [1.54, 1.807) is 36.5 Å². The molecule has 0 radical (unpaired) electrons. The Bertz CT molecular complexity index is 1230. The Morgan fingerprint density at radius 2 is 1.03 bits per heavy atom. The third kappa shape index (κ3) is 5.33. The van der Waals surface area contributed by atoms with Gasteiger partial charge in [-0.3, -0.25) is 9.59 Å². The average Bonchev–Trinajstić information content (AvgIpc) is 2.84. The molecule has 2 aromatic rings. The molecule has 0 bridgehead atoms. The molecule has 0 fully saturated rings. The minimum Gasteiger partial charge on any atom is -0.508 e. The minimum absolute atomic E-state index is 0.0545. The van der Waals surface area contributed by atoms with Gasteiger partial charge in [0.05, 0.1) is 0 Å². The van der Waals surface area contributed by atoms with Crippen molar-refractivity contribution in [1.82, 2.24) is 0 Å². The first-order valence-electron chi connectivity index (χ1n) is 11.6. The van der Waals surface area contributed by atoms with Crippen LogP contribution in [0.5, 0.6) is 0 Å². The second kappa shape index (κ2) is 9.98. The number of benzene rings is 2. The molecular weight excluding hydrogens is 436 g/mol. The van der Waals surface area contributed by atoms with Gasteiger partial charge < -0.3 is 10.2 Å². The lowest BCUT2D eigenvalue weighted by Crippen LogP contribution is -2.30. The molecule has 0 heterocycles. The number of hydrogen-bond donors (Lipinski definition) is 2. The fraction of sp³-hybridized carbons (Fsp3) is 0.161. The Morgan fingerprint density at radius 3 is 1.37 bits per heavy atom. The number of Topliss-reactive ketones (excluding diaryl/α,β-unsaturated/α-hetero) is 2. The van der Waals surface area contributed by atoms with Gasteiger partial charge in [0, 0.05) is 40.5 Å². The molecule has 2 N–H and O–H groups in total. The first-order chi connectivity index (χ1) is 16.8. The van der Waals surface area contributed by atoms with E-state index in [0.717, 1.165) is 11.1 Å². The van der Waals surface area contributed by atoms with Gasteiger partial charge in [0.15, 0.2) is 11.6 Å². The van der Waals surface area contributed by atoms with Crippen LogP contribution in [0.25, 0.3) is 12.2 Å². The second-order valence-electron chi connectivity index (χ2n) is 9.25. The molecule has 0 spiro atoms. The lowest BCUT2D eigenvalue weighted by atomic mass is 9.69. The van der Waals surface area contributed by atoms with Crippen LogP contribution in [0.1, 0.15) is 37.8 Å². The maximum absolute atomic E-state index is 13.1. The molecule has 2 aliphatic rings. The number of rotatable bonds is 6. The summed E-state index contributed by atoms with van der Waals surface area (Å²) in [7, 11) is 0. The van der Waals surface area contributed by atoms with Crippen LogP contribution in [0.2, 0.25) is 0 Å². The molecule has 4 heteroatoms.